The third-order valence-corrected chi connectivity index (χ3v) is 17.6. The van der Waals surface area contributed by atoms with Gasteiger partial charge in [-0.3, -0.25) is 62.3 Å². The number of aromatic amines is 3. The lowest BCUT2D eigenvalue weighted by atomic mass is 10.0. The molecule has 0 saturated heterocycles. The number of amides is 12. The Morgan fingerprint density at radius 3 is 1.29 bits per heavy atom. The van der Waals surface area contributed by atoms with Crippen LogP contribution in [0.5, 0.6) is 0 Å². The first-order valence-corrected chi connectivity index (χ1v) is 35.5. The second-order valence-corrected chi connectivity index (χ2v) is 27.6. The van der Waals surface area contributed by atoms with E-state index in [4.69, 9.17) is 11.5 Å². The van der Waals surface area contributed by atoms with Crippen LogP contribution in [0.3, 0.4) is 0 Å². The number of nitrogens with zero attached hydrogens (tertiary/aromatic N) is 1. The Kier molecular flexibility index (Phi) is 32.8. The summed E-state index contributed by atoms with van der Waals surface area (Å²) < 4.78 is 0. The molecule has 0 unspecified atom stereocenters. The molecule has 0 aliphatic rings. The highest BCUT2D eigenvalue weighted by Gasteiger charge is 2.39. The second-order valence-electron chi connectivity index (χ2n) is 27.6. The Morgan fingerprint density at radius 2 is 0.835 bits per heavy atom. The molecule has 12 amide bonds. The molecule has 23 N–H and O–H groups in total. The zero-order valence-electron chi connectivity index (χ0n) is 61.4. The molecule has 6 aromatic rings. The molecule has 3 aromatic carbocycles. The van der Waals surface area contributed by atoms with E-state index in [0.717, 1.165) is 6.92 Å². The molecular formula is C73H99N17O19. The molecule has 109 heavy (non-hydrogen) atoms. The molecule has 0 bridgehead atoms. The number of aliphatic hydroxyl groups is 3. The fourth-order valence-corrected chi connectivity index (χ4v) is 11.8. The van der Waals surface area contributed by atoms with Gasteiger partial charge < -0.3 is 110 Å². The van der Waals surface area contributed by atoms with Gasteiger partial charge in [0.2, 0.25) is 70.9 Å². The maximum absolute atomic E-state index is 15.4. The zero-order valence-corrected chi connectivity index (χ0v) is 61.4. The molecule has 0 fully saturated rings. The average molecular weight is 1520 g/mol. The first kappa shape index (κ1) is 86.3. The van der Waals surface area contributed by atoms with Crippen molar-refractivity contribution >= 4 is 105 Å². The highest BCUT2D eigenvalue weighted by molar-refractivity contribution is 6.00. The van der Waals surface area contributed by atoms with Gasteiger partial charge in [0, 0.05) is 78.9 Å². The maximum Gasteiger partial charge on any atom is 0.328 e. The molecule has 0 saturated carbocycles. The van der Waals surface area contributed by atoms with E-state index in [-0.39, 0.29) is 49.6 Å². The quantitative estimate of drug-likeness (QED) is 0.0186. The molecule has 36 nitrogen and oxygen atoms in total. The van der Waals surface area contributed by atoms with Crippen LogP contribution in [0.4, 0.5) is 0 Å². The van der Waals surface area contributed by atoms with Gasteiger partial charge in [-0.1, -0.05) is 94.4 Å². The van der Waals surface area contributed by atoms with E-state index in [1.54, 1.807) is 105 Å². The van der Waals surface area contributed by atoms with E-state index in [1.807, 2.05) is 19.2 Å². The minimum Gasteiger partial charge on any atom is -0.481 e. The van der Waals surface area contributed by atoms with E-state index >= 15 is 9.59 Å². The number of fused-ring (bicyclic) bond motifs is 2. The third-order valence-electron chi connectivity index (χ3n) is 17.6. The van der Waals surface area contributed by atoms with Crippen molar-refractivity contribution in [3.63, 3.8) is 0 Å². The molecule has 0 aliphatic heterocycles. The number of nitrogens with two attached hydrogens (primary N) is 2. The molecule has 0 spiro atoms. The highest BCUT2D eigenvalue weighted by atomic mass is 16.4. The summed E-state index contributed by atoms with van der Waals surface area (Å²) in [6.45, 7) is 9.57. The Morgan fingerprint density at radius 1 is 0.431 bits per heavy atom. The number of H-pyrrole nitrogens is 3. The van der Waals surface area contributed by atoms with Crippen LogP contribution in [0.15, 0.2) is 104 Å². The topological polar surface area (TPSA) is 585 Å². The summed E-state index contributed by atoms with van der Waals surface area (Å²) in [5.41, 5.74) is 14.5. The number of aliphatic hydroxyl groups excluding tert-OH is 3. The number of benzene rings is 3. The molecule has 3 aromatic heterocycles. The molecular weight excluding hydrogens is 1420 g/mol. The number of imidazole rings is 1. The molecule has 3 heterocycles. The Hall–Kier alpha value is -11.6. The van der Waals surface area contributed by atoms with Gasteiger partial charge in [-0.15, -0.1) is 0 Å². The molecule has 590 valence electrons. The van der Waals surface area contributed by atoms with Gasteiger partial charge in [0.15, 0.2) is 0 Å². The summed E-state index contributed by atoms with van der Waals surface area (Å²) in [6, 6.07) is 2.95. The second kappa shape index (κ2) is 41.5. The lowest BCUT2D eigenvalue weighted by Gasteiger charge is -2.28. The van der Waals surface area contributed by atoms with E-state index in [9.17, 15) is 83.1 Å². The Labute approximate surface area is 626 Å². The fourth-order valence-electron chi connectivity index (χ4n) is 11.8. The minimum absolute atomic E-state index is 0.0152. The highest BCUT2D eigenvalue weighted by Crippen LogP contribution is 2.23. The lowest BCUT2D eigenvalue weighted by molar-refractivity contribution is -0.144. The van der Waals surface area contributed by atoms with Crippen LogP contribution in [0.25, 0.3) is 21.8 Å². The minimum atomic E-state index is -1.81. The van der Waals surface area contributed by atoms with Crippen molar-refractivity contribution < 1.29 is 92.7 Å². The third kappa shape index (κ3) is 26.7. The van der Waals surface area contributed by atoms with Crippen molar-refractivity contribution in [3.8, 4) is 0 Å². The Balaban J connectivity index is 1.30. The predicted molar refractivity (Wildman–Crippen MR) is 394 cm³/mol. The van der Waals surface area contributed by atoms with Crippen LogP contribution < -0.4 is 70.0 Å². The van der Waals surface area contributed by atoms with Crippen LogP contribution >= 0.6 is 0 Å². The van der Waals surface area contributed by atoms with Crippen LogP contribution in [-0.4, -0.2) is 220 Å². The molecule has 14 atom stereocenters. The standard InChI is InChI=1S/C73H99N17O19/c1-36(2)25-47(74)63(98)89-60(39(6)92)71(106)87-53(27-41-15-9-8-10-16-41)67(102)82-51(22-24-59(95)96)65(100)86-56(30-44-33-76-35-79-44)69(104)85-55(29-43-32-78-49-20-14-12-18-46(43)49)68(103)84-54(28-42-31-77-48-19-13-11-17-45(42)48)66(101)80-38(5)62(97)81-50(21-23-58(75)94)64(99)83-52(26-37(3)4)70(105)90-61(40(7)93)72(107)88-57(34-91)73(108)109/h8-20,31-33,35-40,47,50-57,60-61,77-78,91-93H,21-30,34,74H2,1-7H3,(H2,75,94)(H,76,79)(H,80,101)(H,81,97)(H,82,102)(H,83,99)(H,84,103)(H,85,104)(H,86,100)(H,87,106)(H,88,107)(H,89,98)(H,90,105)(H,95,96)(H,108,109)/t38-,39+,40+,47-,50-,51-,52-,53-,54-,55-,56-,57-,60-,61-/m0/s1. The van der Waals surface area contributed by atoms with E-state index in [1.165, 1.54) is 26.4 Å². The summed E-state index contributed by atoms with van der Waals surface area (Å²) in [4.78, 5) is 207. The van der Waals surface area contributed by atoms with Crippen molar-refractivity contribution in [2.75, 3.05) is 6.61 Å². The van der Waals surface area contributed by atoms with Gasteiger partial charge in [-0.2, -0.15) is 0 Å². The number of carboxylic acids is 2. The van der Waals surface area contributed by atoms with Gasteiger partial charge >= 0.3 is 11.9 Å². The summed E-state index contributed by atoms with van der Waals surface area (Å²) in [6.07, 6.45) is -0.650. The number of hydrogen-bond acceptors (Lipinski definition) is 19. The monoisotopic (exact) mass is 1520 g/mol. The van der Waals surface area contributed by atoms with Gasteiger partial charge in [0.05, 0.1) is 36.9 Å². The van der Waals surface area contributed by atoms with Crippen LogP contribution in [0.2, 0.25) is 0 Å². The number of para-hydroxylation sites is 2. The SMILES string of the molecule is CC(C)C[C@H](NC(=O)[C@H](CCC(N)=O)NC(=O)[C@H](C)NC(=O)[C@H](Cc1c[nH]c2ccccc12)NC(=O)[C@H](Cc1c[nH]c2ccccc12)NC(=O)[C@H](Cc1c[nH]cn1)NC(=O)[C@H](CCC(=O)O)NC(=O)[C@H](Cc1ccccc1)NC(=O)[C@@H](NC(=O)[C@@H](N)CC(C)C)[C@@H](C)O)C(=O)N[C@H](C(=O)N[C@@H](CO)C(=O)O)[C@@H](C)O. The number of aliphatic carboxylic acids is 2. The molecule has 6 rings (SSSR count). The maximum atomic E-state index is 15.4. The van der Waals surface area contributed by atoms with Crippen molar-refractivity contribution in [1.82, 2.24) is 78.4 Å². The van der Waals surface area contributed by atoms with Gasteiger partial charge in [0.1, 0.15) is 66.5 Å². The number of carboxylic acid groups (broad SMARTS) is 2. The molecule has 36 heteroatoms. The van der Waals surface area contributed by atoms with Crippen LogP contribution in [0, 0.1) is 11.8 Å². The van der Waals surface area contributed by atoms with E-state index in [0.29, 0.717) is 38.5 Å². The van der Waals surface area contributed by atoms with E-state index in [2.05, 4.69) is 73.1 Å². The Bertz CT molecular complexity index is 4140. The van der Waals surface area contributed by atoms with Crippen LogP contribution in [-0.2, 0) is 92.8 Å². The van der Waals surface area contributed by atoms with Crippen LogP contribution in [0.1, 0.15) is 109 Å². The number of nitrogens with one attached hydrogen (secondary N) is 14. The number of aromatic nitrogens is 4. The average Bonchev–Trinajstić information content (AvgIpc) is 1.71. The number of hydrogen-bond donors (Lipinski definition) is 21. The summed E-state index contributed by atoms with van der Waals surface area (Å²) in [5, 5.41) is 78.7. The number of carbonyl (C=O) groups excluding carboxylic acids is 12. The summed E-state index contributed by atoms with van der Waals surface area (Å²) in [7, 11) is 0. The predicted octanol–water partition coefficient (Wildman–Crippen LogP) is -2.62. The van der Waals surface area contributed by atoms with Gasteiger partial charge in [0.25, 0.3) is 0 Å². The number of primary amides is 1. The zero-order chi connectivity index (χ0) is 80.3. The largest absolute Gasteiger partial charge is 0.481 e. The van der Waals surface area contributed by atoms with Crippen molar-refractivity contribution in [1.29, 1.82) is 0 Å². The first-order chi connectivity index (χ1) is 51.6. The summed E-state index contributed by atoms with van der Waals surface area (Å²) >= 11 is 0. The summed E-state index contributed by atoms with van der Waals surface area (Å²) in [5.74, 6) is -15.5. The van der Waals surface area contributed by atoms with Gasteiger partial charge in [-0.05, 0) is 87.1 Å². The van der Waals surface area contributed by atoms with Crippen molar-refractivity contribution in [2.24, 2.45) is 23.3 Å². The van der Waals surface area contributed by atoms with Crippen molar-refractivity contribution in [2.45, 2.75) is 197 Å². The van der Waals surface area contributed by atoms with Crippen molar-refractivity contribution in [3.05, 3.63) is 126 Å². The number of rotatable bonds is 44. The normalized spacial score (nSPS) is 15.2. The fraction of sp³-hybridized carbons (Fsp3) is 0.466. The number of carbonyl (C=O) groups is 14. The van der Waals surface area contributed by atoms with Gasteiger partial charge in [-0.25, -0.2) is 9.78 Å². The lowest BCUT2D eigenvalue weighted by Crippen LogP contribution is -2.62. The first-order valence-electron chi connectivity index (χ1n) is 35.5. The van der Waals surface area contributed by atoms with E-state index < -0.39 is 206 Å². The molecule has 0 radical (unpaired) electrons. The molecule has 0 aliphatic carbocycles. The smallest absolute Gasteiger partial charge is 0.328 e.